The fourth-order valence-electron chi connectivity index (χ4n) is 7.66. The first-order chi connectivity index (χ1) is 25.9. The number of piperazine rings is 1. The number of aromatic hydroxyl groups is 2. The van der Waals surface area contributed by atoms with Gasteiger partial charge in [0.2, 0.25) is 23.6 Å². The van der Waals surface area contributed by atoms with Crippen LogP contribution in [0.4, 0.5) is 17.1 Å². The smallest absolute Gasteiger partial charge is 0.255 e. The van der Waals surface area contributed by atoms with Crippen molar-refractivity contribution in [1.29, 1.82) is 0 Å². The first-order valence-corrected chi connectivity index (χ1v) is 18.5. The van der Waals surface area contributed by atoms with E-state index in [1.165, 1.54) is 11.0 Å². The summed E-state index contributed by atoms with van der Waals surface area (Å²) in [5.41, 5.74) is 4.27. The van der Waals surface area contributed by atoms with Crippen molar-refractivity contribution in [2.24, 2.45) is 4.99 Å². The third-order valence-electron chi connectivity index (χ3n) is 10.7. The van der Waals surface area contributed by atoms with Crippen LogP contribution in [0.5, 0.6) is 11.5 Å². The molecule has 3 aromatic rings. The largest absolute Gasteiger partial charge is 0.508 e. The maximum Gasteiger partial charge on any atom is 0.255 e. The number of benzene rings is 3. The number of nitrogens with zero attached hydrogens (tertiary/aromatic N) is 5. The van der Waals surface area contributed by atoms with Gasteiger partial charge in [-0.1, -0.05) is 19.9 Å². The van der Waals surface area contributed by atoms with Gasteiger partial charge in [-0.05, 0) is 73.7 Å². The Hall–Kier alpha value is -5.76. The summed E-state index contributed by atoms with van der Waals surface area (Å²) in [6.07, 6.45) is 1.31. The maximum atomic E-state index is 13.6. The molecule has 7 rings (SSSR count). The number of carbonyl (C=O) groups excluding carboxylic acids is 5. The monoisotopic (exact) mass is 735 g/mol. The third-order valence-corrected chi connectivity index (χ3v) is 10.7. The van der Waals surface area contributed by atoms with E-state index in [2.05, 4.69) is 20.4 Å². The van der Waals surface area contributed by atoms with Gasteiger partial charge in [0, 0.05) is 74.1 Å². The number of fused-ring (bicyclic) bond motifs is 1. The molecular weight excluding hydrogens is 690 g/mol. The molecule has 54 heavy (non-hydrogen) atoms. The maximum absolute atomic E-state index is 13.6. The summed E-state index contributed by atoms with van der Waals surface area (Å²) in [7, 11) is 0. The Kier molecular flexibility index (Phi) is 10.1. The van der Waals surface area contributed by atoms with Crippen molar-refractivity contribution in [3.05, 3.63) is 76.9 Å². The van der Waals surface area contributed by atoms with E-state index in [0.29, 0.717) is 78.5 Å². The molecule has 14 nitrogen and oxygen atoms in total. The highest BCUT2D eigenvalue weighted by atomic mass is 16.3. The van der Waals surface area contributed by atoms with Gasteiger partial charge < -0.3 is 25.3 Å². The van der Waals surface area contributed by atoms with Crippen molar-refractivity contribution in [1.82, 2.24) is 15.1 Å². The van der Waals surface area contributed by atoms with Crippen molar-refractivity contribution in [2.45, 2.75) is 71.0 Å². The molecule has 2 atom stereocenters. The molecule has 282 valence electrons. The summed E-state index contributed by atoms with van der Waals surface area (Å²) < 4.78 is 0. The van der Waals surface area contributed by atoms with Crippen molar-refractivity contribution in [2.75, 3.05) is 47.8 Å². The number of aliphatic imine (C=N–C) groups is 1. The number of phenols is 2. The van der Waals surface area contributed by atoms with Crippen LogP contribution in [0.25, 0.3) is 0 Å². The van der Waals surface area contributed by atoms with E-state index in [-0.39, 0.29) is 73.0 Å². The quantitative estimate of drug-likeness (QED) is 0.252. The Morgan fingerprint density at radius 2 is 1.63 bits per heavy atom. The van der Waals surface area contributed by atoms with Crippen LogP contribution in [-0.4, -0.2) is 100 Å². The van der Waals surface area contributed by atoms with Crippen LogP contribution in [0.3, 0.4) is 0 Å². The minimum atomic E-state index is -0.733. The first kappa shape index (κ1) is 36.6. The van der Waals surface area contributed by atoms with Gasteiger partial charge in [-0.3, -0.25) is 44.1 Å². The summed E-state index contributed by atoms with van der Waals surface area (Å²) in [6.45, 7) is 8.81. The summed E-state index contributed by atoms with van der Waals surface area (Å²) >= 11 is 0. The lowest BCUT2D eigenvalue weighted by Crippen LogP contribution is -2.52. The molecule has 14 heteroatoms. The highest BCUT2D eigenvalue weighted by Crippen LogP contribution is 2.36. The number of hydrogen-bond donors (Lipinski definition) is 4. The minimum absolute atomic E-state index is 0.00591. The van der Waals surface area contributed by atoms with Gasteiger partial charge in [-0.25, -0.2) is 0 Å². The Morgan fingerprint density at radius 3 is 2.33 bits per heavy atom. The second-order valence-electron chi connectivity index (χ2n) is 14.7. The molecule has 0 aliphatic carbocycles. The van der Waals surface area contributed by atoms with Crippen LogP contribution in [0.2, 0.25) is 0 Å². The highest BCUT2D eigenvalue weighted by molar-refractivity contribution is 6.25. The highest BCUT2D eigenvalue weighted by Gasteiger charge is 2.40. The fraction of sp³-hybridized carbons (Fsp3) is 0.400. The molecule has 2 fully saturated rings. The molecule has 5 amide bonds. The lowest BCUT2D eigenvalue weighted by atomic mass is 9.98. The third kappa shape index (κ3) is 7.25. The van der Waals surface area contributed by atoms with E-state index < -0.39 is 11.9 Å². The Morgan fingerprint density at radius 1 is 0.907 bits per heavy atom. The molecule has 2 saturated heterocycles. The Labute approximate surface area is 313 Å². The van der Waals surface area contributed by atoms with Crippen molar-refractivity contribution in [3.8, 4) is 11.5 Å². The van der Waals surface area contributed by atoms with Crippen LogP contribution in [-0.2, 0) is 25.7 Å². The second-order valence-corrected chi connectivity index (χ2v) is 14.7. The van der Waals surface area contributed by atoms with Crippen LogP contribution in [0.15, 0.2) is 59.6 Å². The Balaban J connectivity index is 0.983. The predicted molar refractivity (Wildman–Crippen MR) is 203 cm³/mol. The number of phenolic OH excluding ortho intramolecular Hbond substituents is 2. The standard InChI is InChI=1S/C40H45N7O7/c1-23(2)28-19-29(34(49)20-33(28)48)38-41-24(3)7-14-37(52)47(38)26-10-8-25(9-11-26)45-17-15-44(16-18-45)22-36(51)42-31-6-4-5-27-30(31)21-46(40(27)54)32-12-13-35(50)43-39(32)53/h4-6,8-11,19-20,23-24,32,48-49H,7,12-18,21-22H2,1-3H3,(H,42,51)(H,43,50,53). The van der Waals surface area contributed by atoms with Gasteiger partial charge in [-0.2, -0.15) is 0 Å². The average Bonchev–Trinajstić information content (AvgIpc) is 3.39. The summed E-state index contributed by atoms with van der Waals surface area (Å²) in [5, 5.41) is 26.7. The zero-order valence-corrected chi connectivity index (χ0v) is 30.7. The molecular formula is C40H45N7O7. The fourth-order valence-corrected chi connectivity index (χ4v) is 7.66. The molecule has 4 N–H and O–H groups in total. The number of nitrogens with one attached hydrogen (secondary N) is 2. The van der Waals surface area contributed by atoms with Crippen LogP contribution < -0.4 is 20.4 Å². The van der Waals surface area contributed by atoms with E-state index in [1.54, 1.807) is 29.2 Å². The molecule has 0 aromatic heterocycles. The molecule has 2 unspecified atom stereocenters. The number of hydrogen-bond acceptors (Lipinski definition) is 10. The van der Waals surface area contributed by atoms with E-state index >= 15 is 0 Å². The topological polar surface area (TPSA) is 175 Å². The number of piperidine rings is 1. The van der Waals surface area contributed by atoms with Gasteiger partial charge in [-0.15, -0.1) is 0 Å². The molecule has 0 saturated carbocycles. The Bertz CT molecular complexity index is 2040. The molecule has 4 aliphatic rings. The van der Waals surface area contributed by atoms with E-state index in [4.69, 9.17) is 4.99 Å². The SMILES string of the molecule is CC1CCC(=O)N(c2ccc(N3CCN(CC(=O)Nc4cccc5c4CN(C4CCC(=O)NC4=O)C5=O)CC3)cc2)C(c2cc(C(C)C)c(O)cc2O)=N1. The lowest BCUT2D eigenvalue weighted by Gasteiger charge is -2.36. The van der Waals surface area contributed by atoms with E-state index in [0.717, 1.165) is 5.69 Å². The molecule has 0 spiro atoms. The number of amidine groups is 1. The van der Waals surface area contributed by atoms with Gasteiger partial charge in [0.25, 0.3) is 5.91 Å². The first-order valence-electron chi connectivity index (χ1n) is 18.5. The zero-order chi connectivity index (χ0) is 38.3. The minimum Gasteiger partial charge on any atom is -0.508 e. The summed E-state index contributed by atoms with van der Waals surface area (Å²) in [6, 6.07) is 15.0. The number of rotatable bonds is 8. The van der Waals surface area contributed by atoms with Gasteiger partial charge in [0.1, 0.15) is 23.4 Å². The normalized spacial score (nSPS) is 20.9. The van der Waals surface area contributed by atoms with Crippen LogP contribution >= 0.6 is 0 Å². The number of carbonyl (C=O) groups is 5. The van der Waals surface area contributed by atoms with Gasteiger partial charge >= 0.3 is 0 Å². The average molecular weight is 736 g/mol. The van der Waals surface area contributed by atoms with Crippen molar-refractivity contribution in [3.63, 3.8) is 0 Å². The van der Waals surface area contributed by atoms with E-state index in [1.807, 2.05) is 45.0 Å². The molecule has 0 bridgehead atoms. The molecule has 0 radical (unpaired) electrons. The number of amides is 5. The summed E-state index contributed by atoms with van der Waals surface area (Å²) in [4.78, 5) is 76.2. The molecule has 3 aromatic carbocycles. The second kappa shape index (κ2) is 14.9. The molecule has 4 aliphatic heterocycles. The van der Waals surface area contributed by atoms with E-state index in [9.17, 15) is 34.2 Å². The molecule has 4 heterocycles. The van der Waals surface area contributed by atoms with Gasteiger partial charge in [0.15, 0.2) is 0 Å². The predicted octanol–water partition coefficient (Wildman–Crippen LogP) is 3.71. The summed E-state index contributed by atoms with van der Waals surface area (Å²) in [5.74, 6) is -1.27. The zero-order valence-electron chi connectivity index (χ0n) is 30.7. The van der Waals surface area contributed by atoms with Gasteiger partial charge in [0.05, 0.1) is 23.8 Å². The lowest BCUT2D eigenvalue weighted by molar-refractivity contribution is -0.137. The number of imide groups is 1. The number of anilines is 3. The van der Waals surface area contributed by atoms with Crippen LogP contribution in [0, 0.1) is 0 Å². The van der Waals surface area contributed by atoms with Crippen molar-refractivity contribution < 1.29 is 34.2 Å². The van der Waals surface area contributed by atoms with Crippen molar-refractivity contribution >= 4 is 52.4 Å². The van der Waals surface area contributed by atoms with Crippen LogP contribution in [0.1, 0.15) is 79.4 Å².